The molecule has 0 atom stereocenters. The molecular weight excluding hydrogens is 320 g/mol. The van der Waals surface area contributed by atoms with Crippen LogP contribution in [0, 0.1) is 13.8 Å². The smallest absolute Gasteiger partial charge is 0.251 e. The normalized spacial score (nSPS) is 11.4. The SMILES string of the molecule is CNS(=O)(=O)c1ccc(C)c(C(=O)NCc2sccc2C)c1. The fraction of sp³-hybridized carbons (Fsp3) is 0.267. The number of hydrogen-bond donors (Lipinski definition) is 2. The molecule has 1 heterocycles. The zero-order chi connectivity index (χ0) is 16.3. The molecule has 2 N–H and O–H groups in total. The first-order valence-corrected chi connectivity index (χ1v) is 9.07. The minimum Gasteiger partial charge on any atom is -0.347 e. The van der Waals surface area contributed by atoms with E-state index >= 15 is 0 Å². The van der Waals surface area contributed by atoms with Crippen molar-refractivity contribution < 1.29 is 13.2 Å². The molecule has 0 bridgehead atoms. The summed E-state index contributed by atoms with van der Waals surface area (Å²) in [5.74, 6) is -0.279. The fourth-order valence-electron chi connectivity index (χ4n) is 1.97. The molecule has 0 fully saturated rings. The summed E-state index contributed by atoms with van der Waals surface area (Å²) < 4.78 is 25.9. The van der Waals surface area contributed by atoms with Gasteiger partial charge in [-0.1, -0.05) is 6.07 Å². The van der Waals surface area contributed by atoms with Gasteiger partial charge in [-0.3, -0.25) is 4.79 Å². The van der Waals surface area contributed by atoms with Crippen LogP contribution in [0.15, 0.2) is 34.5 Å². The van der Waals surface area contributed by atoms with Gasteiger partial charge in [0.05, 0.1) is 11.4 Å². The molecule has 118 valence electrons. The van der Waals surface area contributed by atoms with E-state index in [1.165, 1.54) is 19.2 Å². The van der Waals surface area contributed by atoms with Crippen LogP contribution in [0.25, 0.3) is 0 Å². The van der Waals surface area contributed by atoms with Gasteiger partial charge in [-0.05, 0) is 55.6 Å². The maximum Gasteiger partial charge on any atom is 0.251 e. The van der Waals surface area contributed by atoms with E-state index in [1.807, 2.05) is 18.4 Å². The monoisotopic (exact) mass is 338 g/mol. The molecule has 0 unspecified atom stereocenters. The van der Waals surface area contributed by atoms with Crippen molar-refractivity contribution in [2.75, 3.05) is 7.05 Å². The van der Waals surface area contributed by atoms with Gasteiger partial charge in [-0.15, -0.1) is 11.3 Å². The number of nitrogens with one attached hydrogen (secondary N) is 2. The van der Waals surface area contributed by atoms with Crippen molar-refractivity contribution in [3.05, 3.63) is 51.2 Å². The summed E-state index contributed by atoms with van der Waals surface area (Å²) in [4.78, 5) is 13.5. The van der Waals surface area contributed by atoms with Gasteiger partial charge in [0.15, 0.2) is 0 Å². The quantitative estimate of drug-likeness (QED) is 0.877. The van der Waals surface area contributed by atoms with Crippen LogP contribution in [0.5, 0.6) is 0 Å². The van der Waals surface area contributed by atoms with Gasteiger partial charge in [0.2, 0.25) is 10.0 Å². The molecule has 0 saturated carbocycles. The molecule has 0 aliphatic heterocycles. The van der Waals surface area contributed by atoms with Crippen molar-refractivity contribution in [1.82, 2.24) is 10.0 Å². The van der Waals surface area contributed by atoms with E-state index in [4.69, 9.17) is 0 Å². The lowest BCUT2D eigenvalue weighted by Crippen LogP contribution is -2.25. The van der Waals surface area contributed by atoms with Gasteiger partial charge in [0.1, 0.15) is 0 Å². The Kier molecular flexibility index (Phi) is 5.00. The Morgan fingerprint density at radius 1 is 1.18 bits per heavy atom. The number of rotatable bonds is 5. The first-order valence-electron chi connectivity index (χ1n) is 6.70. The predicted molar refractivity (Wildman–Crippen MR) is 87.7 cm³/mol. The van der Waals surface area contributed by atoms with Crippen molar-refractivity contribution in [1.29, 1.82) is 0 Å². The van der Waals surface area contributed by atoms with Gasteiger partial charge in [-0.25, -0.2) is 13.1 Å². The fourth-order valence-corrected chi connectivity index (χ4v) is 3.57. The van der Waals surface area contributed by atoms with Gasteiger partial charge in [0, 0.05) is 10.4 Å². The first kappa shape index (κ1) is 16.7. The molecule has 2 aromatic rings. The second-order valence-electron chi connectivity index (χ2n) is 4.89. The maximum absolute atomic E-state index is 12.3. The summed E-state index contributed by atoms with van der Waals surface area (Å²) in [5.41, 5.74) is 2.23. The summed E-state index contributed by atoms with van der Waals surface area (Å²) in [7, 11) is -2.22. The Morgan fingerprint density at radius 2 is 1.91 bits per heavy atom. The molecule has 0 aliphatic carbocycles. The predicted octanol–water partition coefficient (Wildman–Crippen LogP) is 2.20. The minimum absolute atomic E-state index is 0.0815. The number of sulfonamides is 1. The lowest BCUT2D eigenvalue weighted by atomic mass is 10.1. The largest absolute Gasteiger partial charge is 0.347 e. The van der Waals surface area contributed by atoms with Crippen molar-refractivity contribution in [2.24, 2.45) is 0 Å². The number of benzene rings is 1. The molecule has 0 spiro atoms. The highest BCUT2D eigenvalue weighted by atomic mass is 32.2. The maximum atomic E-state index is 12.3. The highest BCUT2D eigenvalue weighted by molar-refractivity contribution is 7.89. The lowest BCUT2D eigenvalue weighted by Gasteiger charge is -2.10. The van der Waals surface area contributed by atoms with E-state index in [0.717, 1.165) is 16.0 Å². The van der Waals surface area contributed by atoms with E-state index in [9.17, 15) is 13.2 Å². The number of aryl methyl sites for hydroxylation is 2. The summed E-state index contributed by atoms with van der Waals surface area (Å²) in [5, 5.41) is 4.81. The average Bonchev–Trinajstić information content (AvgIpc) is 2.90. The molecule has 0 saturated heterocycles. The molecule has 2 rings (SSSR count). The first-order chi connectivity index (χ1) is 10.3. The van der Waals surface area contributed by atoms with Crippen LogP contribution in [0.2, 0.25) is 0 Å². The van der Waals surface area contributed by atoms with E-state index in [0.29, 0.717) is 12.1 Å². The third-order valence-electron chi connectivity index (χ3n) is 3.41. The van der Waals surface area contributed by atoms with Gasteiger partial charge < -0.3 is 5.32 Å². The summed E-state index contributed by atoms with van der Waals surface area (Å²) in [6.07, 6.45) is 0. The van der Waals surface area contributed by atoms with Crippen LogP contribution in [0.4, 0.5) is 0 Å². The summed E-state index contributed by atoms with van der Waals surface area (Å²) in [6.45, 7) is 4.20. The Balaban J connectivity index is 2.22. The van der Waals surface area contributed by atoms with Crippen LogP contribution in [-0.4, -0.2) is 21.4 Å². The van der Waals surface area contributed by atoms with E-state index in [2.05, 4.69) is 10.0 Å². The van der Waals surface area contributed by atoms with Crippen molar-refractivity contribution in [2.45, 2.75) is 25.3 Å². The second-order valence-corrected chi connectivity index (χ2v) is 7.78. The van der Waals surface area contributed by atoms with Crippen molar-refractivity contribution in [3.8, 4) is 0 Å². The van der Waals surface area contributed by atoms with Crippen LogP contribution in [0.3, 0.4) is 0 Å². The Morgan fingerprint density at radius 3 is 2.50 bits per heavy atom. The molecule has 22 heavy (non-hydrogen) atoms. The van der Waals surface area contributed by atoms with E-state index in [1.54, 1.807) is 24.3 Å². The molecule has 0 aliphatic rings. The summed E-state index contributed by atoms with van der Waals surface area (Å²) in [6, 6.07) is 6.52. The number of amides is 1. The third kappa shape index (κ3) is 3.55. The zero-order valence-corrected chi connectivity index (χ0v) is 14.3. The Hall–Kier alpha value is -1.70. The standard InChI is InChI=1S/C15H18N2O3S2/c1-10-4-5-12(22(19,20)16-3)8-13(10)15(18)17-9-14-11(2)6-7-21-14/h4-8,16H,9H2,1-3H3,(H,17,18). The molecule has 5 nitrogen and oxygen atoms in total. The minimum atomic E-state index is -3.56. The third-order valence-corrected chi connectivity index (χ3v) is 5.85. The van der Waals surface area contributed by atoms with Crippen LogP contribution in [-0.2, 0) is 16.6 Å². The summed E-state index contributed by atoms with van der Waals surface area (Å²) >= 11 is 1.58. The van der Waals surface area contributed by atoms with E-state index < -0.39 is 10.0 Å². The molecule has 1 aromatic carbocycles. The molecule has 1 amide bonds. The highest BCUT2D eigenvalue weighted by Crippen LogP contribution is 2.17. The number of carbonyl (C=O) groups is 1. The van der Waals surface area contributed by atoms with Gasteiger partial charge in [-0.2, -0.15) is 0 Å². The van der Waals surface area contributed by atoms with Gasteiger partial charge >= 0.3 is 0 Å². The zero-order valence-electron chi connectivity index (χ0n) is 12.6. The lowest BCUT2D eigenvalue weighted by molar-refractivity contribution is 0.0950. The molecule has 1 aromatic heterocycles. The van der Waals surface area contributed by atoms with Crippen molar-refractivity contribution >= 4 is 27.3 Å². The molecule has 7 heteroatoms. The number of thiophene rings is 1. The van der Waals surface area contributed by atoms with E-state index in [-0.39, 0.29) is 10.8 Å². The van der Waals surface area contributed by atoms with Crippen LogP contribution < -0.4 is 10.0 Å². The average molecular weight is 338 g/mol. The number of hydrogen-bond acceptors (Lipinski definition) is 4. The Labute approximate surface area is 134 Å². The number of carbonyl (C=O) groups excluding carboxylic acids is 1. The van der Waals surface area contributed by atoms with Gasteiger partial charge in [0.25, 0.3) is 5.91 Å². The Bertz CT molecular complexity index is 795. The highest BCUT2D eigenvalue weighted by Gasteiger charge is 2.16. The molecular formula is C15H18N2O3S2. The topological polar surface area (TPSA) is 75.3 Å². The van der Waals surface area contributed by atoms with Crippen molar-refractivity contribution in [3.63, 3.8) is 0 Å². The van der Waals surface area contributed by atoms with Crippen LogP contribution >= 0.6 is 11.3 Å². The second kappa shape index (κ2) is 6.60. The molecule has 0 radical (unpaired) electrons. The van der Waals surface area contributed by atoms with Crippen LogP contribution in [0.1, 0.15) is 26.4 Å².